The number of carboxylic acids is 2. The molecule has 0 fully saturated rings. The maximum absolute atomic E-state index is 10.7. The van der Waals surface area contributed by atoms with Gasteiger partial charge in [-0.3, -0.25) is 14.5 Å². The Morgan fingerprint density at radius 1 is 1.33 bits per heavy atom. The van der Waals surface area contributed by atoms with E-state index in [0.29, 0.717) is 0 Å². The third-order valence-electron chi connectivity index (χ3n) is 2.13. The quantitative estimate of drug-likeness (QED) is 0.612. The van der Waals surface area contributed by atoms with Crippen molar-refractivity contribution in [3.8, 4) is 12.3 Å². The lowest BCUT2D eigenvalue weighted by atomic mass is 10.1. The van der Waals surface area contributed by atoms with Crippen molar-refractivity contribution in [1.29, 1.82) is 0 Å². The van der Waals surface area contributed by atoms with Gasteiger partial charge in [0.15, 0.2) is 0 Å². The molecule has 0 aliphatic rings. The van der Waals surface area contributed by atoms with Crippen LogP contribution in [0.25, 0.3) is 0 Å². The number of hydrogen-bond donors (Lipinski definition) is 2. The predicted octanol–water partition coefficient (Wildman–Crippen LogP) is 0.115. The monoisotopic (exact) mass is 213 g/mol. The minimum atomic E-state index is -1.01. The van der Waals surface area contributed by atoms with Gasteiger partial charge in [0.05, 0.1) is 12.5 Å². The van der Waals surface area contributed by atoms with Gasteiger partial charge in [-0.25, -0.2) is 0 Å². The van der Waals surface area contributed by atoms with Gasteiger partial charge in [0.1, 0.15) is 6.04 Å². The summed E-state index contributed by atoms with van der Waals surface area (Å²) in [5.74, 6) is -0.296. The van der Waals surface area contributed by atoms with Crippen LogP contribution in [-0.2, 0) is 9.59 Å². The highest BCUT2D eigenvalue weighted by Gasteiger charge is 2.23. The first-order chi connectivity index (χ1) is 6.90. The van der Waals surface area contributed by atoms with E-state index >= 15 is 0 Å². The molecule has 0 saturated heterocycles. The second-order valence-corrected chi connectivity index (χ2v) is 3.39. The van der Waals surface area contributed by atoms with Crippen LogP contribution in [0.2, 0.25) is 0 Å². The molecule has 2 atom stereocenters. The van der Waals surface area contributed by atoms with Gasteiger partial charge >= 0.3 is 11.9 Å². The Kier molecular flexibility index (Phi) is 5.42. The highest BCUT2D eigenvalue weighted by Crippen LogP contribution is 2.05. The van der Waals surface area contributed by atoms with Crippen LogP contribution in [-0.4, -0.2) is 46.2 Å². The first-order valence-corrected chi connectivity index (χ1v) is 4.53. The summed E-state index contributed by atoms with van der Waals surface area (Å²) in [6.07, 6.45) is 5.09. The fourth-order valence-electron chi connectivity index (χ4n) is 1.06. The molecule has 0 bridgehead atoms. The van der Waals surface area contributed by atoms with Crippen LogP contribution in [0.1, 0.15) is 13.8 Å². The molecule has 0 aromatic carbocycles. The van der Waals surface area contributed by atoms with E-state index in [-0.39, 0.29) is 13.1 Å². The van der Waals surface area contributed by atoms with Crippen molar-refractivity contribution in [2.24, 2.45) is 5.92 Å². The summed E-state index contributed by atoms with van der Waals surface area (Å²) in [6.45, 7) is 3.26. The van der Waals surface area contributed by atoms with Crippen LogP contribution in [0.3, 0.4) is 0 Å². The molecule has 2 N–H and O–H groups in total. The lowest BCUT2D eigenvalue weighted by Gasteiger charge is -2.25. The normalized spacial score (nSPS) is 14.3. The van der Waals surface area contributed by atoms with Crippen molar-refractivity contribution < 1.29 is 19.8 Å². The number of aliphatic carboxylic acids is 2. The van der Waals surface area contributed by atoms with Gasteiger partial charge in [0.25, 0.3) is 0 Å². The number of nitrogens with zero attached hydrogens (tertiary/aromatic N) is 1. The molecule has 2 unspecified atom stereocenters. The van der Waals surface area contributed by atoms with E-state index in [1.54, 1.807) is 0 Å². The molecule has 0 spiro atoms. The molecular weight excluding hydrogens is 198 g/mol. The molecule has 0 heterocycles. The van der Waals surface area contributed by atoms with Crippen LogP contribution >= 0.6 is 0 Å². The first-order valence-electron chi connectivity index (χ1n) is 4.53. The van der Waals surface area contributed by atoms with Crippen molar-refractivity contribution in [2.45, 2.75) is 19.9 Å². The van der Waals surface area contributed by atoms with Crippen LogP contribution in [0, 0.1) is 18.3 Å². The Bertz CT molecular complexity index is 282. The minimum Gasteiger partial charge on any atom is -0.481 e. The second kappa shape index (κ2) is 6.04. The summed E-state index contributed by atoms with van der Waals surface area (Å²) in [5.41, 5.74) is 0. The van der Waals surface area contributed by atoms with Gasteiger partial charge < -0.3 is 10.2 Å². The van der Waals surface area contributed by atoms with Crippen LogP contribution in [0.15, 0.2) is 0 Å². The van der Waals surface area contributed by atoms with E-state index in [1.165, 1.54) is 18.7 Å². The van der Waals surface area contributed by atoms with Gasteiger partial charge in [0.2, 0.25) is 0 Å². The first kappa shape index (κ1) is 13.5. The molecule has 0 aromatic heterocycles. The highest BCUT2D eigenvalue weighted by molar-refractivity contribution is 5.73. The summed E-state index contributed by atoms with van der Waals surface area (Å²) < 4.78 is 0. The third kappa shape index (κ3) is 4.47. The zero-order valence-corrected chi connectivity index (χ0v) is 8.80. The predicted molar refractivity (Wildman–Crippen MR) is 54.3 cm³/mol. The minimum absolute atomic E-state index is 0.130. The highest BCUT2D eigenvalue weighted by atomic mass is 16.4. The van der Waals surface area contributed by atoms with Crippen molar-refractivity contribution in [3.05, 3.63) is 0 Å². The molecule has 0 amide bonds. The fourth-order valence-corrected chi connectivity index (χ4v) is 1.06. The Morgan fingerprint density at radius 2 is 1.87 bits per heavy atom. The molecule has 15 heavy (non-hydrogen) atoms. The van der Waals surface area contributed by atoms with Crippen molar-refractivity contribution in [1.82, 2.24) is 4.90 Å². The van der Waals surface area contributed by atoms with Crippen molar-refractivity contribution in [3.63, 3.8) is 0 Å². The largest absolute Gasteiger partial charge is 0.481 e. The molecule has 0 saturated carbocycles. The zero-order chi connectivity index (χ0) is 12.0. The number of carbonyl (C=O) groups is 2. The second-order valence-electron chi connectivity index (χ2n) is 3.39. The van der Waals surface area contributed by atoms with E-state index in [1.807, 2.05) is 0 Å². The van der Waals surface area contributed by atoms with E-state index in [0.717, 1.165) is 0 Å². The molecular formula is C10H15NO4. The Balaban J connectivity index is 4.47. The van der Waals surface area contributed by atoms with Crippen LogP contribution in [0.5, 0.6) is 0 Å². The van der Waals surface area contributed by atoms with E-state index in [4.69, 9.17) is 16.6 Å². The van der Waals surface area contributed by atoms with Gasteiger partial charge in [0, 0.05) is 6.54 Å². The summed E-state index contributed by atoms with van der Waals surface area (Å²) in [4.78, 5) is 22.8. The number of terminal acetylenes is 1. The zero-order valence-electron chi connectivity index (χ0n) is 8.80. The van der Waals surface area contributed by atoms with Gasteiger partial charge in [-0.15, -0.1) is 6.42 Å². The Morgan fingerprint density at radius 3 is 2.20 bits per heavy atom. The Labute approximate surface area is 88.7 Å². The molecule has 0 aliphatic heterocycles. The standard InChI is InChI=1S/C10H15NO4/c1-4-5-11(8(3)10(14)15)6-7(2)9(12)13/h1,7-8H,5-6H2,2-3H3,(H,12,13)(H,14,15). The van der Waals surface area contributed by atoms with E-state index in [2.05, 4.69) is 5.92 Å². The summed E-state index contributed by atoms with van der Waals surface area (Å²) in [5, 5.41) is 17.5. The number of carboxylic acid groups (broad SMARTS) is 2. The Hall–Kier alpha value is -1.54. The molecule has 0 aromatic rings. The number of hydrogen-bond acceptors (Lipinski definition) is 3. The van der Waals surface area contributed by atoms with Crippen molar-refractivity contribution in [2.75, 3.05) is 13.1 Å². The van der Waals surface area contributed by atoms with E-state index in [9.17, 15) is 9.59 Å². The fraction of sp³-hybridized carbons (Fsp3) is 0.600. The summed E-state index contributed by atoms with van der Waals surface area (Å²) in [6, 6.07) is -0.775. The molecule has 0 rings (SSSR count). The average molecular weight is 213 g/mol. The SMILES string of the molecule is C#CCN(CC(C)C(=O)O)C(C)C(=O)O. The summed E-state index contributed by atoms with van der Waals surface area (Å²) in [7, 11) is 0. The van der Waals surface area contributed by atoms with Gasteiger partial charge in [-0.1, -0.05) is 12.8 Å². The number of rotatable bonds is 6. The van der Waals surface area contributed by atoms with Crippen LogP contribution in [0.4, 0.5) is 0 Å². The molecule has 5 heteroatoms. The third-order valence-corrected chi connectivity index (χ3v) is 2.13. The maximum atomic E-state index is 10.7. The van der Waals surface area contributed by atoms with Crippen molar-refractivity contribution >= 4 is 11.9 Å². The van der Waals surface area contributed by atoms with E-state index < -0.39 is 23.9 Å². The molecule has 0 aliphatic carbocycles. The average Bonchev–Trinajstić information content (AvgIpc) is 2.15. The molecule has 5 nitrogen and oxygen atoms in total. The van der Waals surface area contributed by atoms with Gasteiger partial charge in [-0.05, 0) is 6.92 Å². The molecule has 0 radical (unpaired) electrons. The lowest BCUT2D eigenvalue weighted by molar-refractivity contribution is -0.146. The van der Waals surface area contributed by atoms with Crippen LogP contribution < -0.4 is 0 Å². The smallest absolute Gasteiger partial charge is 0.320 e. The van der Waals surface area contributed by atoms with Gasteiger partial charge in [-0.2, -0.15) is 0 Å². The molecule has 84 valence electrons. The topological polar surface area (TPSA) is 77.8 Å². The lowest BCUT2D eigenvalue weighted by Crippen LogP contribution is -2.42. The maximum Gasteiger partial charge on any atom is 0.320 e. The summed E-state index contributed by atoms with van der Waals surface area (Å²) >= 11 is 0.